The lowest BCUT2D eigenvalue weighted by atomic mass is 10.0. The van der Waals surface area contributed by atoms with E-state index in [9.17, 15) is 9.90 Å². The first-order valence-corrected chi connectivity index (χ1v) is 6.33. The summed E-state index contributed by atoms with van der Waals surface area (Å²) in [6, 6.07) is 9.48. The largest absolute Gasteiger partial charge is 0.460 e. The Kier molecular flexibility index (Phi) is 5.35. The van der Waals surface area contributed by atoms with Gasteiger partial charge in [-0.3, -0.25) is 4.79 Å². The molecule has 0 aliphatic heterocycles. The number of carbonyl (C=O) groups is 1. The second-order valence-corrected chi connectivity index (χ2v) is 5.41. The second-order valence-electron chi connectivity index (χ2n) is 5.41. The first-order chi connectivity index (χ1) is 8.38. The van der Waals surface area contributed by atoms with E-state index in [-0.39, 0.29) is 5.97 Å². The molecule has 100 valence electrons. The van der Waals surface area contributed by atoms with E-state index in [4.69, 9.17) is 4.74 Å². The number of carbonyl (C=O) groups excluding carboxylic acids is 1. The van der Waals surface area contributed by atoms with E-state index in [1.54, 1.807) is 0 Å². The van der Waals surface area contributed by atoms with E-state index in [2.05, 4.69) is 0 Å². The zero-order chi connectivity index (χ0) is 13.6. The number of benzene rings is 1. The summed E-state index contributed by atoms with van der Waals surface area (Å²) in [6.45, 7) is 5.55. The summed E-state index contributed by atoms with van der Waals surface area (Å²) in [5, 5.41) is 9.91. The predicted molar refractivity (Wildman–Crippen MR) is 71.1 cm³/mol. The maximum Gasteiger partial charge on any atom is 0.306 e. The predicted octanol–water partition coefficient (Wildman–Crippen LogP) is 3.23. The number of aliphatic hydroxyl groups excluding tert-OH is 1. The molecule has 0 amide bonds. The molecular formula is C15H22O3. The molecule has 0 aliphatic rings. The molecule has 3 heteroatoms. The smallest absolute Gasteiger partial charge is 0.306 e. The monoisotopic (exact) mass is 250 g/mol. The van der Waals surface area contributed by atoms with Crippen molar-refractivity contribution >= 4 is 5.97 Å². The summed E-state index contributed by atoms with van der Waals surface area (Å²) in [7, 11) is 0. The molecule has 3 nitrogen and oxygen atoms in total. The molecule has 0 saturated carbocycles. The molecule has 0 unspecified atom stereocenters. The average Bonchev–Trinajstić information content (AvgIpc) is 2.27. The Labute approximate surface area is 109 Å². The molecular weight excluding hydrogens is 228 g/mol. The van der Waals surface area contributed by atoms with Crippen LogP contribution in [0.5, 0.6) is 0 Å². The third kappa shape index (κ3) is 5.82. The topological polar surface area (TPSA) is 46.5 Å². The fourth-order valence-corrected chi connectivity index (χ4v) is 1.67. The van der Waals surface area contributed by atoms with Crippen LogP contribution in [0.15, 0.2) is 30.3 Å². The zero-order valence-corrected chi connectivity index (χ0v) is 11.3. The molecule has 1 atom stereocenters. The number of hydrogen-bond donors (Lipinski definition) is 1. The van der Waals surface area contributed by atoms with Crippen LogP contribution in [0.1, 0.15) is 51.7 Å². The van der Waals surface area contributed by atoms with Crippen LogP contribution in [0.3, 0.4) is 0 Å². The molecule has 0 aliphatic carbocycles. The molecule has 1 N–H and O–H groups in total. The minimum atomic E-state index is -0.506. The fourth-order valence-electron chi connectivity index (χ4n) is 1.67. The van der Waals surface area contributed by atoms with Crippen molar-refractivity contribution in [2.45, 2.75) is 51.7 Å². The van der Waals surface area contributed by atoms with Gasteiger partial charge in [0.1, 0.15) is 5.60 Å². The first kappa shape index (κ1) is 14.7. The Morgan fingerprint density at radius 1 is 1.28 bits per heavy atom. The van der Waals surface area contributed by atoms with Crippen LogP contribution in [0.4, 0.5) is 0 Å². The molecule has 0 bridgehead atoms. The van der Waals surface area contributed by atoms with Gasteiger partial charge in [0.05, 0.1) is 6.10 Å². The first-order valence-electron chi connectivity index (χ1n) is 6.33. The quantitative estimate of drug-likeness (QED) is 0.816. The maximum atomic E-state index is 11.5. The Morgan fingerprint density at radius 3 is 2.44 bits per heavy atom. The molecule has 0 aromatic heterocycles. The van der Waals surface area contributed by atoms with E-state index in [0.29, 0.717) is 19.3 Å². The lowest BCUT2D eigenvalue weighted by molar-refractivity contribution is -0.155. The Hall–Kier alpha value is -1.35. The lowest BCUT2D eigenvalue weighted by Gasteiger charge is -2.19. The van der Waals surface area contributed by atoms with Gasteiger partial charge in [-0.2, -0.15) is 0 Å². The minimum absolute atomic E-state index is 0.206. The lowest BCUT2D eigenvalue weighted by Crippen LogP contribution is -2.23. The molecule has 1 aromatic rings. The highest BCUT2D eigenvalue weighted by atomic mass is 16.6. The van der Waals surface area contributed by atoms with Crippen molar-refractivity contribution < 1.29 is 14.6 Å². The van der Waals surface area contributed by atoms with Crippen molar-refractivity contribution in [2.75, 3.05) is 0 Å². The molecule has 0 heterocycles. The standard InChI is InChI=1S/C15H22O3/c1-15(2,3)18-14(17)11-7-10-13(16)12-8-5-4-6-9-12/h4-6,8-9,13,16H,7,10-11H2,1-3H3/t13-/m1/s1. The van der Waals surface area contributed by atoms with Gasteiger partial charge in [0.25, 0.3) is 0 Å². The van der Waals surface area contributed by atoms with E-state index in [1.165, 1.54) is 0 Å². The van der Waals surface area contributed by atoms with E-state index in [1.807, 2.05) is 51.1 Å². The van der Waals surface area contributed by atoms with Gasteiger partial charge >= 0.3 is 5.97 Å². The Bertz CT molecular complexity index is 365. The highest BCUT2D eigenvalue weighted by Gasteiger charge is 2.16. The van der Waals surface area contributed by atoms with E-state index < -0.39 is 11.7 Å². The van der Waals surface area contributed by atoms with Gasteiger partial charge in [-0.15, -0.1) is 0 Å². The number of aliphatic hydroxyl groups is 1. The summed E-state index contributed by atoms with van der Waals surface area (Å²) in [6.07, 6.45) is 1.05. The van der Waals surface area contributed by atoms with Crippen molar-refractivity contribution in [1.29, 1.82) is 0 Å². The Balaban J connectivity index is 2.28. The summed E-state index contributed by atoms with van der Waals surface area (Å²) >= 11 is 0. The van der Waals surface area contributed by atoms with Gasteiger partial charge < -0.3 is 9.84 Å². The fraction of sp³-hybridized carbons (Fsp3) is 0.533. The normalized spacial score (nSPS) is 13.1. The third-order valence-electron chi connectivity index (χ3n) is 2.46. The average molecular weight is 250 g/mol. The van der Waals surface area contributed by atoms with Gasteiger partial charge in [0, 0.05) is 6.42 Å². The van der Waals surface area contributed by atoms with Crippen LogP contribution in [-0.4, -0.2) is 16.7 Å². The zero-order valence-electron chi connectivity index (χ0n) is 11.3. The minimum Gasteiger partial charge on any atom is -0.460 e. The second kappa shape index (κ2) is 6.55. The third-order valence-corrected chi connectivity index (χ3v) is 2.46. The van der Waals surface area contributed by atoms with E-state index >= 15 is 0 Å². The molecule has 18 heavy (non-hydrogen) atoms. The van der Waals surface area contributed by atoms with Crippen LogP contribution in [-0.2, 0) is 9.53 Å². The van der Waals surface area contributed by atoms with Gasteiger partial charge in [0.15, 0.2) is 0 Å². The van der Waals surface area contributed by atoms with Gasteiger partial charge in [-0.1, -0.05) is 30.3 Å². The molecule has 0 radical (unpaired) electrons. The molecule has 0 spiro atoms. The van der Waals surface area contributed by atoms with E-state index in [0.717, 1.165) is 5.56 Å². The summed E-state index contributed by atoms with van der Waals surface area (Å²) < 4.78 is 5.20. The van der Waals surface area contributed by atoms with Crippen molar-refractivity contribution in [3.05, 3.63) is 35.9 Å². The summed E-state index contributed by atoms with van der Waals surface area (Å²) in [5.74, 6) is -0.206. The summed E-state index contributed by atoms with van der Waals surface area (Å²) in [4.78, 5) is 11.5. The van der Waals surface area contributed by atoms with Crippen LogP contribution in [0.25, 0.3) is 0 Å². The van der Waals surface area contributed by atoms with Crippen molar-refractivity contribution in [1.82, 2.24) is 0 Å². The van der Waals surface area contributed by atoms with Crippen molar-refractivity contribution in [3.8, 4) is 0 Å². The van der Waals surface area contributed by atoms with Gasteiger partial charge in [-0.05, 0) is 39.2 Å². The molecule has 0 saturated heterocycles. The van der Waals surface area contributed by atoms with Crippen molar-refractivity contribution in [2.24, 2.45) is 0 Å². The van der Waals surface area contributed by atoms with Crippen LogP contribution >= 0.6 is 0 Å². The van der Waals surface area contributed by atoms with Crippen LogP contribution < -0.4 is 0 Å². The number of rotatable bonds is 5. The van der Waals surface area contributed by atoms with Crippen LogP contribution in [0, 0.1) is 0 Å². The molecule has 1 aromatic carbocycles. The SMILES string of the molecule is CC(C)(C)OC(=O)CCC[C@@H](O)c1ccccc1. The molecule has 1 rings (SSSR count). The Morgan fingerprint density at radius 2 is 1.89 bits per heavy atom. The highest BCUT2D eigenvalue weighted by Crippen LogP contribution is 2.19. The van der Waals surface area contributed by atoms with Crippen molar-refractivity contribution in [3.63, 3.8) is 0 Å². The van der Waals surface area contributed by atoms with Crippen LogP contribution in [0.2, 0.25) is 0 Å². The summed E-state index contributed by atoms with van der Waals surface area (Å²) in [5.41, 5.74) is 0.455. The molecule has 0 fully saturated rings. The number of esters is 1. The number of hydrogen-bond acceptors (Lipinski definition) is 3. The number of ether oxygens (including phenoxy) is 1. The van der Waals surface area contributed by atoms with Gasteiger partial charge in [0.2, 0.25) is 0 Å². The highest BCUT2D eigenvalue weighted by molar-refractivity contribution is 5.69. The maximum absolute atomic E-state index is 11.5. The van der Waals surface area contributed by atoms with Gasteiger partial charge in [-0.25, -0.2) is 0 Å².